The van der Waals surface area contributed by atoms with Gasteiger partial charge in [0.2, 0.25) is 0 Å². The van der Waals surface area contributed by atoms with Gasteiger partial charge in [0.25, 0.3) is 0 Å². The Morgan fingerprint density at radius 3 is 1.94 bits per heavy atom. The molecule has 0 unspecified atom stereocenters. The lowest BCUT2D eigenvalue weighted by Crippen LogP contribution is -2.47. The molecule has 0 aromatic carbocycles. The number of hydrogen-bond donors (Lipinski definition) is 1. The van der Waals surface area contributed by atoms with Crippen LogP contribution in [0.1, 0.15) is 40.5 Å². The SMILES string of the molecule is C=CCC(C)(CC=C)NC(=O)OC(C)(C)C. The lowest BCUT2D eigenvalue weighted by Gasteiger charge is -2.30. The first-order valence-corrected chi connectivity index (χ1v) is 5.45. The molecule has 1 amide bonds. The van der Waals surface area contributed by atoms with E-state index in [2.05, 4.69) is 18.5 Å². The number of amides is 1. The number of carbonyl (C=O) groups is 1. The highest BCUT2D eigenvalue weighted by atomic mass is 16.6. The Balaban J connectivity index is 4.45. The molecule has 3 nitrogen and oxygen atoms in total. The van der Waals surface area contributed by atoms with E-state index in [4.69, 9.17) is 4.74 Å². The van der Waals surface area contributed by atoms with Crippen molar-refractivity contribution in [3.8, 4) is 0 Å². The van der Waals surface area contributed by atoms with Crippen LogP contribution in [0, 0.1) is 0 Å². The molecule has 0 bridgehead atoms. The van der Waals surface area contributed by atoms with Crippen molar-refractivity contribution in [1.82, 2.24) is 5.32 Å². The fourth-order valence-corrected chi connectivity index (χ4v) is 1.37. The number of nitrogens with one attached hydrogen (secondary N) is 1. The first-order valence-electron chi connectivity index (χ1n) is 5.45. The Morgan fingerprint density at radius 1 is 1.19 bits per heavy atom. The molecule has 0 fully saturated rings. The highest BCUT2D eigenvalue weighted by molar-refractivity contribution is 5.68. The van der Waals surface area contributed by atoms with Crippen LogP contribution in [-0.4, -0.2) is 17.2 Å². The lowest BCUT2D eigenvalue weighted by molar-refractivity contribution is 0.0466. The quantitative estimate of drug-likeness (QED) is 0.728. The highest BCUT2D eigenvalue weighted by Crippen LogP contribution is 2.17. The van der Waals surface area contributed by atoms with E-state index in [1.54, 1.807) is 12.2 Å². The van der Waals surface area contributed by atoms with Crippen LogP contribution < -0.4 is 5.32 Å². The third kappa shape index (κ3) is 6.27. The summed E-state index contributed by atoms with van der Waals surface area (Å²) in [4.78, 5) is 11.6. The molecule has 92 valence electrons. The van der Waals surface area contributed by atoms with Crippen molar-refractivity contribution in [2.24, 2.45) is 0 Å². The van der Waals surface area contributed by atoms with Crippen molar-refractivity contribution in [3.63, 3.8) is 0 Å². The first kappa shape index (κ1) is 14.8. The maximum atomic E-state index is 11.6. The number of alkyl carbamates (subject to hydrolysis) is 1. The zero-order valence-electron chi connectivity index (χ0n) is 10.8. The van der Waals surface area contributed by atoms with Crippen molar-refractivity contribution in [2.45, 2.75) is 51.7 Å². The van der Waals surface area contributed by atoms with Crippen LogP contribution >= 0.6 is 0 Å². The molecule has 0 aliphatic heterocycles. The smallest absolute Gasteiger partial charge is 0.408 e. The number of hydrogen-bond acceptors (Lipinski definition) is 2. The maximum absolute atomic E-state index is 11.6. The van der Waals surface area contributed by atoms with Gasteiger partial charge in [-0.1, -0.05) is 12.2 Å². The van der Waals surface area contributed by atoms with Crippen molar-refractivity contribution in [2.75, 3.05) is 0 Å². The normalized spacial score (nSPS) is 11.8. The third-order valence-corrected chi connectivity index (χ3v) is 1.99. The van der Waals surface area contributed by atoms with Crippen LogP contribution in [0.4, 0.5) is 4.79 Å². The second kappa shape index (κ2) is 5.73. The van der Waals surface area contributed by atoms with E-state index in [1.807, 2.05) is 27.7 Å². The molecule has 0 rings (SSSR count). The van der Waals surface area contributed by atoms with Crippen LogP contribution in [0.3, 0.4) is 0 Å². The molecule has 0 heterocycles. The first-order chi connectivity index (χ1) is 7.22. The summed E-state index contributed by atoms with van der Waals surface area (Å²) in [5.74, 6) is 0. The van der Waals surface area contributed by atoms with Gasteiger partial charge >= 0.3 is 6.09 Å². The van der Waals surface area contributed by atoms with E-state index in [9.17, 15) is 4.79 Å². The van der Waals surface area contributed by atoms with Gasteiger partial charge in [-0.05, 0) is 40.5 Å². The lowest BCUT2D eigenvalue weighted by atomic mass is 9.94. The molecule has 0 saturated heterocycles. The van der Waals surface area contributed by atoms with Gasteiger partial charge < -0.3 is 10.1 Å². The predicted octanol–water partition coefficient (Wildman–Crippen LogP) is 3.42. The third-order valence-electron chi connectivity index (χ3n) is 1.99. The molecule has 16 heavy (non-hydrogen) atoms. The number of carbonyl (C=O) groups excluding carboxylic acids is 1. The monoisotopic (exact) mass is 225 g/mol. The van der Waals surface area contributed by atoms with Gasteiger partial charge in [0.15, 0.2) is 0 Å². The van der Waals surface area contributed by atoms with Gasteiger partial charge in [-0.3, -0.25) is 0 Å². The summed E-state index contributed by atoms with van der Waals surface area (Å²) in [6, 6.07) is 0. The van der Waals surface area contributed by atoms with Crippen molar-refractivity contribution >= 4 is 6.09 Å². The molecule has 0 aliphatic rings. The number of rotatable bonds is 5. The standard InChI is InChI=1S/C13H23NO2/c1-7-9-13(6,10-8-2)14-11(15)16-12(3,4)5/h7-8H,1-2,9-10H2,3-6H3,(H,14,15). The Morgan fingerprint density at radius 2 is 1.62 bits per heavy atom. The summed E-state index contributed by atoms with van der Waals surface area (Å²) >= 11 is 0. The van der Waals surface area contributed by atoms with Crippen molar-refractivity contribution in [1.29, 1.82) is 0 Å². The van der Waals surface area contributed by atoms with Crippen LogP contribution in [0.15, 0.2) is 25.3 Å². The molecular weight excluding hydrogens is 202 g/mol. The van der Waals surface area contributed by atoms with E-state index < -0.39 is 11.7 Å². The summed E-state index contributed by atoms with van der Waals surface area (Å²) in [6.45, 7) is 14.8. The largest absolute Gasteiger partial charge is 0.444 e. The van der Waals surface area contributed by atoms with Gasteiger partial charge in [0, 0.05) is 5.54 Å². The van der Waals surface area contributed by atoms with E-state index in [-0.39, 0.29) is 5.54 Å². The zero-order valence-corrected chi connectivity index (χ0v) is 10.8. The molecule has 0 aromatic heterocycles. The van der Waals surface area contributed by atoms with Crippen LogP contribution in [-0.2, 0) is 4.74 Å². The average molecular weight is 225 g/mol. The molecule has 0 aromatic rings. The fourth-order valence-electron chi connectivity index (χ4n) is 1.37. The van der Waals surface area contributed by atoms with Gasteiger partial charge in [-0.2, -0.15) is 0 Å². The van der Waals surface area contributed by atoms with Gasteiger partial charge in [-0.15, -0.1) is 13.2 Å². The minimum Gasteiger partial charge on any atom is -0.444 e. The minimum absolute atomic E-state index is 0.369. The predicted molar refractivity (Wildman–Crippen MR) is 67.4 cm³/mol. The molecule has 0 aliphatic carbocycles. The molecule has 0 saturated carbocycles. The second-order valence-electron chi connectivity index (χ2n) is 5.17. The van der Waals surface area contributed by atoms with Crippen LogP contribution in [0.25, 0.3) is 0 Å². The Bertz CT molecular complexity index is 254. The van der Waals surface area contributed by atoms with E-state index in [1.165, 1.54) is 0 Å². The Hall–Kier alpha value is -1.25. The zero-order chi connectivity index (χ0) is 12.8. The summed E-state index contributed by atoms with van der Waals surface area (Å²) < 4.78 is 5.21. The summed E-state index contributed by atoms with van der Waals surface area (Å²) in [6.07, 6.45) is 4.51. The summed E-state index contributed by atoms with van der Waals surface area (Å²) in [7, 11) is 0. The summed E-state index contributed by atoms with van der Waals surface area (Å²) in [5.41, 5.74) is -0.848. The molecule has 0 atom stereocenters. The van der Waals surface area contributed by atoms with Crippen LogP contribution in [0.2, 0.25) is 0 Å². The molecule has 0 radical (unpaired) electrons. The molecule has 0 spiro atoms. The Labute approximate surface area is 98.6 Å². The van der Waals surface area contributed by atoms with Gasteiger partial charge in [-0.25, -0.2) is 4.79 Å². The van der Waals surface area contributed by atoms with E-state index in [0.29, 0.717) is 12.8 Å². The van der Waals surface area contributed by atoms with Gasteiger partial charge in [0.05, 0.1) is 0 Å². The topological polar surface area (TPSA) is 38.3 Å². The van der Waals surface area contributed by atoms with E-state index >= 15 is 0 Å². The fraction of sp³-hybridized carbons (Fsp3) is 0.615. The second-order valence-corrected chi connectivity index (χ2v) is 5.17. The minimum atomic E-state index is -0.479. The average Bonchev–Trinajstić information content (AvgIpc) is 1.99. The van der Waals surface area contributed by atoms with Gasteiger partial charge in [0.1, 0.15) is 5.60 Å². The van der Waals surface area contributed by atoms with E-state index in [0.717, 1.165) is 0 Å². The van der Waals surface area contributed by atoms with Crippen LogP contribution in [0.5, 0.6) is 0 Å². The maximum Gasteiger partial charge on any atom is 0.408 e. The molecular formula is C13H23NO2. The molecule has 1 N–H and O–H groups in total. The molecule has 3 heteroatoms. The Kier molecular flexibility index (Phi) is 5.28. The summed E-state index contributed by atoms with van der Waals surface area (Å²) in [5, 5.41) is 2.85. The van der Waals surface area contributed by atoms with Crippen molar-refractivity contribution in [3.05, 3.63) is 25.3 Å². The highest BCUT2D eigenvalue weighted by Gasteiger charge is 2.26. The number of ether oxygens (including phenoxy) is 1. The van der Waals surface area contributed by atoms with Crippen molar-refractivity contribution < 1.29 is 9.53 Å².